The molecule has 0 aliphatic carbocycles. The van der Waals surface area contributed by atoms with E-state index in [1.165, 1.54) is 55.0 Å². The lowest BCUT2D eigenvalue weighted by Gasteiger charge is -2.33. The van der Waals surface area contributed by atoms with Gasteiger partial charge in [0.15, 0.2) is 0 Å². The summed E-state index contributed by atoms with van der Waals surface area (Å²) in [4.78, 5) is 4.00. The quantitative estimate of drug-likeness (QED) is 0.812. The highest BCUT2D eigenvalue weighted by atomic mass is 32.2. The smallest absolute Gasteiger partial charge is 0.0680 e. The van der Waals surface area contributed by atoms with Crippen molar-refractivity contribution in [1.29, 1.82) is 0 Å². The number of thioether (sulfide) groups is 1. The van der Waals surface area contributed by atoms with Crippen LogP contribution in [-0.2, 0) is 6.42 Å². The summed E-state index contributed by atoms with van der Waals surface area (Å²) >= 11 is 1.83. The predicted molar refractivity (Wildman–Crippen MR) is 83.0 cm³/mol. The number of hydrogen-bond donors (Lipinski definition) is 2. The average Bonchev–Trinajstić information content (AvgIpc) is 2.70. The lowest BCUT2D eigenvalue weighted by molar-refractivity contribution is 0.177. The van der Waals surface area contributed by atoms with Gasteiger partial charge < -0.3 is 10.6 Å². The topological polar surface area (TPSA) is 27.3 Å². The van der Waals surface area contributed by atoms with Gasteiger partial charge in [0.05, 0.1) is 6.67 Å². The van der Waals surface area contributed by atoms with E-state index in [2.05, 4.69) is 40.0 Å². The monoisotopic (exact) mass is 277 g/mol. The number of nitrogens with zero attached hydrogens (tertiary/aromatic N) is 1. The lowest BCUT2D eigenvalue weighted by Crippen LogP contribution is -2.45. The van der Waals surface area contributed by atoms with Crippen LogP contribution in [0.5, 0.6) is 0 Å². The summed E-state index contributed by atoms with van der Waals surface area (Å²) < 4.78 is 0. The fraction of sp³-hybridized carbons (Fsp3) is 0.600. The van der Waals surface area contributed by atoms with Crippen LogP contribution in [0.1, 0.15) is 18.4 Å². The van der Waals surface area contributed by atoms with Crippen molar-refractivity contribution in [2.75, 3.05) is 37.9 Å². The van der Waals surface area contributed by atoms with Gasteiger partial charge >= 0.3 is 0 Å². The van der Waals surface area contributed by atoms with Crippen molar-refractivity contribution in [2.24, 2.45) is 0 Å². The molecule has 1 aromatic carbocycles. The summed E-state index contributed by atoms with van der Waals surface area (Å²) in [5.41, 5.74) is 2.80. The molecule has 19 heavy (non-hydrogen) atoms. The molecule has 3 rings (SSSR count). The van der Waals surface area contributed by atoms with Crippen molar-refractivity contribution in [3.8, 4) is 0 Å². The SMILES string of the molecule is CSc1ccc2c(c1)CCN(C1CCNCC1)CN2. The Hall–Kier alpha value is -0.710. The van der Waals surface area contributed by atoms with Crippen molar-refractivity contribution < 1.29 is 0 Å². The molecule has 0 saturated carbocycles. The average molecular weight is 277 g/mol. The summed E-state index contributed by atoms with van der Waals surface area (Å²) in [5.74, 6) is 0. The van der Waals surface area contributed by atoms with Gasteiger partial charge in [-0.05, 0) is 62.4 Å². The van der Waals surface area contributed by atoms with Gasteiger partial charge in [-0.15, -0.1) is 11.8 Å². The van der Waals surface area contributed by atoms with Crippen molar-refractivity contribution in [3.63, 3.8) is 0 Å². The molecule has 4 heteroatoms. The first-order valence-corrected chi connectivity index (χ1v) is 8.45. The third-order valence-electron chi connectivity index (χ3n) is 4.28. The number of benzene rings is 1. The first kappa shape index (κ1) is 13.3. The number of hydrogen-bond acceptors (Lipinski definition) is 4. The maximum absolute atomic E-state index is 3.62. The molecule has 0 unspecified atom stereocenters. The number of rotatable bonds is 2. The summed E-state index contributed by atoms with van der Waals surface area (Å²) in [6, 6.07) is 7.56. The van der Waals surface area contributed by atoms with Gasteiger partial charge in [-0.2, -0.15) is 0 Å². The highest BCUT2D eigenvalue weighted by Gasteiger charge is 2.22. The number of piperidine rings is 1. The molecule has 3 nitrogen and oxygen atoms in total. The summed E-state index contributed by atoms with van der Waals surface area (Å²) in [7, 11) is 0. The van der Waals surface area contributed by atoms with E-state index >= 15 is 0 Å². The van der Waals surface area contributed by atoms with E-state index in [-0.39, 0.29) is 0 Å². The standard InChI is InChI=1S/C15H23N3S/c1-19-14-2-3-15-12(10-14)6-9-18(11-17-15)13-4-7-16-8-5-13/h2-3,10,13,16-17H,4-9,11H2,1H3. The summed E-state index contributed by atoms with van der Waals surface area (Å²) in [5, 5.41) is 7.07. The highest BCUT2D eigenvalue weighted by Crippen LogP contribution is 2.26. The zero-order chi connectivity index (χ0) is 13.1. The van der Waals surface area contributed by atoms with Gasteiger partial charge in [-0.25, -0.2) is 0 Å². The molecule has 104 valence electrons. The van der Waals surface area contributed by atoms with Crippen LogP contribution in [0.4, 0.5) is 5.69 Å². The maximum Gasteiger partial charge on any atom is 0.0680 e. The van der Waals surface area contributed by atoms with E-state index in [0.717, 1.165) is 12.7 Å². The van der Waals surface area contributed by atoms with E-state index in [1.807, 2.05) is 11.8 Å². The van der Waals surface area contributed by atoms with Gasteiger partial charge in [0.1, 0.15) is 0 Å². The second-order valence-corrected chi connectivity index (χ2v) is 6.28. The van der Waals surface area contributed by atoms with Crippen molar-refractivity contribution in [3.05, 3.63) is 23.8 Å². The second-order valence-electron chi connectivity index (χ2n) is 5.40. The maximum atomic E-state index is 3.62. The Kier molecular flexibility index (Phi) is 4.31. The third-order valence-corrected chi connectivity index (χ3v) is 5.00. The van der Waals surface area contributed by atoms with Gasteiger partial charge in [0.25, 0.3) is 0 Å². The van der Waals surface area contributed by atoms with E-state index < -0.39 is 0 Å². The molecule has 2 N–H and O–H groups in total. The van der Waals surface area contributed by atoms with Crippen molar-refractivity contribution >= 4 is 17.4 Å². The van der Waals surface area contributed by atoms with Crippen LogP contribution >= 0.6 is 11.8 Å². The molecule has 1 fully saturated rings. The van der Waals surface area contributed by atoms with Crippen LogP contribution in [0, 0.1) is 0 Å². The molecular formula is C15H23N3S. The van der Waals surface area contributed by atoms with Crippen LogP contribution in [-0.4, -0.2) is 43.5 Å². The molecule has 2 aliphatic heterocycles. The van der Waals surface area contributed by atoms with E-state index in [1.54, 1.807) is 0 Å². The first-order valence-electron chi connectivity index (χ1n) is 7.22. The minimum absolute atomic E-state index is 0.753. The molecular weight excluding hydrogens is 254 g/mol. The van der Waals surface area contributed by atoms with Gasteiger partial charge in [0.2, 0.25) is 0 Å². The van der Waals surface area contributed by atoms with Crippen LogP contribution in [0.3, 0.4) is 0 Å². The third kappa shape index (κ3) is 3.07. The van der Waals surface area contributed by atoms with Crippen molar-refractivity contribution in [1.82, 2.24) is 10.2 Å². The predicted octanol–water partition coefficient (Wildman–Crippen LogP) is 2.39. The normalized spacial score (nSPS) is 21.5. The Morgan fingerprint density at radius 1 is 1.26 bits per heavy atom. The second kappa shape index (κ2) is 6.16. The van der Waals surface area contributed by atoms with Crippen LogP contribution < -0.4 is 10.6 Å². The number of anilines is 1. The molecule has 2 aliphatic rings. The van der Waals surface area contributed by atoms with E-state index in [4.69, 9.17) is 0 Å². The Labute approximate surface area is 120 Å². The van der Waals surface area contributed by atoms with E-state index in [0.29, 0.717) is 0 Å². The number of nitrogens with one attached hydrogen (secondary N) is 2. The molecule has 0 radical (unpaired) electrons. The fourth-order valence-corrected chi connectivity index (χ4v) is 3.55. The van der Waals surface area contributed by atoms with Gasteiger partial charge in [0, 0.05) is 23.2 Å². The Bertz CT molecular complexity index is 429. The zero-order valence-corrected chi connectivity index (χ0v) is 12.4. The number of fused-ring (bicyclic) bond motifs is 1. The molecule has 0 spiro atoms. The Balaban J connectivity index is 1.69. The van der Waals surface area contributed by atoms with E-state index in [9.17, 15) is 0 Å². The molecule has 2 heterocycles. The van der Waals surface area contributed by atoms with Crippen LogP contribution in [0.2, 0.25) is 0 Å². The minimum Gasteiger partial charge on any atom is -0.372 e. The molecule has 0 bridgehead atoms. The van der Waals surface area contributed by atoms with Crippen molar-refractivity contribution in [2.45, 2.75) is 30.2 Å². The zero-order valence-electron chi connectivity index (χ0n) is 11.6. The van der Waals surface area contributed by atoms with Crippen LogP contribution in [0.25, 0.3) is 0 Å². The van der Waals surface area contributed by atoms with Gasteiger partial charge in [-0.3, -0.25) is 4.90 Å². The molecule has 1 saturated heterocycles. The minimum atomic E-state index is 0.753. The summed E-state index contributed by atoms with van der Waals surface area (Å²) in [6.07, 6.45) is 5.88. The largest absolute Gasteiger partial charge is 0.372 e. The van der Waals surface area contributed by atoms with Crippen LogP contribution in [0.15, 0.2) is 23.1 Å². The highest BCUT2D eigenvalue weighted by molar-refractivity contribution is 7.98. The molecule has 0 atom stereocenters. The fourth-order valence-electron chi connectivity index (χ4n) is 3.09. The lowest BCUT2D eigenvalue weighted by atomic mass is 10.0. The van der Waals surface area contributed by atoms with Gasteiger partial charge in [-0.1, -0.05) is 0 Å². The molecule has 1 aromatic rings. The summed E-state index contributed by atoms with van der Waals surface area (Å²) in [6.45, 7) is 4.52. The molecule has 0 amide bonds. The Morgan fingerprint density at radius 3 is 2.89 bits per heavy atom. The Morgan fingerprint density at radius 2 is 2.11 bits per heavy atom. The molecule has 0 aromatic heterocycles. The first-order chi connectivity index (χ1) is 9.36.